The molecule has 2 aromatic rings. The van der Waals surface area contributed by atoms with Crippen molar-refractivity contribution >= 4 is 5.91 Å². The first-order chi connectivity index (χ1) is 9.63. The minimum Gasteiger partial charge on any atom is -0.469 e. The van der Waals surface area contributed by atoms with Gasteiger partial charge in [0, 0.05) is 17.8 Å². The number of H-pyrrole nitrogens is 1. The normalized spacial score (nSPS) is 17.6. The number of aromatic amines is 1. The van der Waals surface area contributed by atoms with Crippen LogP contribution in [0.5, 0.6) is 0 Å². The predicted molar refractivity (Wildman–Crippen MR) is 73.8 cm³/mol. The van der Waals surface area contributed by atoms with Gasteiger partial charge in [-0.25, -0.2) is 0 Å². The second-order valence-electron chi connectivity index (χ2n) is 5.13. The molecule has 0 saturated heterocycles. The second kappa shape index (κ2) is 5.00. The van der Waals surface area contributed by atoms with Crippen LogP contribution in [0.15, 0.2) is 33.7 Å². The summed E-state index contributed by atoms with van der Waals surface area (Å²) in [4.78, 5) is 26.2. The van der Waals surface area contributed by atoms with Gasteiger partial charge in [0.05, 0.1) is 11.8 Å². The highest BCUT2D eigenvalue weighted by Crippen LogP contribution is 2.19. The van der Waals surface area contributed by atoms with Crippen molar-refractivity contribution in [2.24, 2.45) is 0 Å². The van der Waals surface area contributed by atoms with E-state index in [0.29, 0.717) is 11.3 Å². The molecule has 0 bridgehead atoms. The Bertz CT molecular complexity index is 699. The smallest absolute Gasteiger partial charge is 0.255 e. The lowest BCUT2D eigenvalue weighted by Crippen LogP contribution is -2.39. The molecule has 5 heteroatoms. The first-order valence-electron chi connectivity index (χ1n) is 6.69. The van der Waals surface area contributed by atoms with Crippen LogP contribution in [0.3, 0.4) is 0 Å². The molecule has 2 heterocycles. The summed E-state index contributed by atoms with van der Waals surface area (Å²) in [5.41, 5.74) is 2.60. The number of pyridine rings is 1. The maximum atomic E-state index is 12.1. The fourth-order valence-corrected chi connectivity index (χ4v) is 2.65. The van der Waals surface area contributed by atoms with Gasteiger partial charge in [-0.2, -0.15) is 0 Å². The predicted octanol–water partition coefficient (Wildman–Crippen LogP) is 1.56. The van der Waals surface area contributed by atoms with Crippen LogP contribution < -0.4 is 10.9 Å². The summed E-state index contributed by atoms with van der Waals surface area (Å²) < 4.78 is 5.14. The van der Waals surface area contributed by atoms with Crippen LogP contribution in [0.4, 0.5) is 0 Å². The van der Waals surface area contributed by atoms with Gasteiger partial charge in [-0.05, 0) is 37.8 Å². The molecule has 1 amide bonds. The minimum atomic E-state index is -0.103. The summed E-state index contributed by atoms with van der Waals surface area (Å²) in [6.45, 7) is 1.77. The summed E-state index contributed by atoms with van der Waals surface area (Å²) in [6, 6.07) is 5.15. The number of fused-ring (bicyclic) bond motifs is 1. The monoisotopic (exact) mass is 272 g/mol. The van der Waals surface area contributed by atoms with Crippen molar-refractivity contribution in [3.05, 3.63) is 57.4 Å². The zero-order valence-electron chi connectivity index (χ0n) is 11.2. The zero-order valence-corrected chi connectivity index (χ0v) is 11.2. The summed E-state index contributed by atoms with van der Waals surface area (Å²) in [6.07, 6.45) is 3.87. The van der Waals surface area contributed by atoms with Crippen LogP contribution >= 0.6 is 0 Å². The van der Waals surface area contributed by atoms with E-state index in [1.54, 1.807) is 13.0 Å². The van der Waals surface area contributed by atoms with Gasteiger partial charge in [-0.1, -0.05) is 6.07 Å². The van der Waals surface area contributed by atoms with Gasteiger partial charge in [0.25, 0.3) is 5.91 Å². The summed E-state index contributed by atoms with van der Waals surface area (Å²) in [5, 5.41) is 3.03. The van der Waals surface area contributed by atoms with Crippen molar-refractivity contribution in [3.63, 3.8) is 0 Å². The largest absolute Gasteiger partial charge is 0.469 e. The first-order valence-corrected chi connectivity index (χ1v) is 6.69. The van der Waals surface area contributed by atoms with Crippen LogP contribution in [0.1, 0.15) is 33.8 Å². The molecule has 104 valence electrons. The number of hydrogen-bond acceptors (Lipinski definition) is 3. The standard InChI is InChI=1S/C15H16N2O3/c1-9-12(6-7-20-9)15(19)16-11-3-4-13-10(8-11)2-5-14(18)17-13/h2,5-7,11H,3-4,8H2,1H3,(H,16,19)(H,17,18)/t11-/m1/s1. The third kappa shape index (κ3) is 2.39. The molecule has 0 spiro atoms. The van der Waals surface area contributed by atoms with E-state index < -0.39 is 0 Å². The number of rotatable bonds is 2. The first kappa shape index (κ1) is 12.7. The molecular formula is C15H16N2O3. The Kier molecular flexibility index (Phi) is 3.18. The number of carbonyl (C=O) groups excluding carboxylic acids is 1. The maximum Gasteiger partial charge on any atom is 0.255 e. The van der Waals surface area contributed by atoms with Gasteiger partial charge in [-0.3, -0.25) is 9.59 Å². The van der Waals surface area contributed by atoms with Crippen molar-refractivity contribution in [3.8, 4) is 0 Å². The molecule has 0 unspecified atom stereocenters. The van der Waals surface area contributed by atoms with E-state index >= 15 is 0 Å². The number of hydrogen-bond donors (Lipinski definition) is 2. The number of nitrogens with one attached hydrogen (secondary N) is 2. The van der Waals surface area contributed by atoms with Gasteiger partial charge < -0.3 is 14.7 Å². The maximum absolute atomic E-state index is 12.1. The average Bonchev–Trinajstić information content (AvgIpc) is 2.85. The molecule has 0 aliphatic heterocycles. The van der Waals surface area contributed by atoms with Crippen LogP contribution in [-0.4, -0.2) is 16.9 Å². The fraction of sp³-hybridized carbons (Fsp3) is 0.333. The molecule has 5 nitrogen and oxygen atoms in total. The number of aryl methyl sites for hydroxylation is 2. The van der Waals surface area contributed by atoms with Crippen molar-refractivity contribution in [2.75, 3.05) is 0 Å². The van der Waals surface area contributed by atoms with Gasteiger partial charge in [-0.15, -0.1) is 0 Å². The molecule has 1 aliphatic carbocycles. The average molecular weight is 272 g/mol. The van der Waals surface area contributed by atoms with Gasteiger partial charge in [0.15, 0.2) is 0 Å². The Morgan fingerprint density at radius 3 is 3.00 bits per heavy atom. The summed E-state index contributed by atoms with van der Waals surface area (Å²) in [5.74, 6) is 0.525. The van der Waals surface area contributed by atoms with Crippen molar-refractivity contribution in [2.45, 2.75) is 32.2 Å². The molecule has 3 rings (SSSR count). The zero-order chi connectivity index (χ0) is 14.1. The Labute approximate surface area is 116 Å². The molecule has 1 aliphatic rings. The Balaban J connectivity index is 1.72. The Morgan fingerprint density at radius 2 is 2.25 bits per heavy atom. The molecular weight excluding hydrogens is 256 g/mol. The van der Waals surface area contributed by atoms with E-state index in [-0.39, 0.29) is 17.5 Å². The lowest BCUT2D eigenvalue weighted by Gasteiger charge is -2.25. The third-order valence-electron chi connectivity index (χ3n) is 3.75. The lowest BCUT2D eigenvalue weighted by molar-refractivity contribution is 0.0932. The number of carbonyl (C=O) groups is 1. The molecule has 2 N–H and O–H groups in total. The Hall–Kier alpha value is -2.30. The van der Waals surface area contributed by atoms with E-state index in [1.165, 1.54) is 12.3 Å². The Morgan fingerprint density at radius 1 is 1.40 bits per heavy atom. The van der Waals surface area contributed by atoms with E-state index in [9.17, 15) is 9.59 Å². The summed E-state index contributed by atoms with van der Waals surface area (Å²) >= 11 is 0. The third-order valence-corrected chi connectivity index (χ3v) is 3.75. The van der Waals surface area contributed by atoms with Gasteiger partial charge >= 0.3 is 0 Å². The number of furan rings is 1. The highest BCUT2D eigenvalue weighted by atomic mass is 16.3. The highest BCUT2D eigenvalue weighted by Gasteiger charge is 2.22. The molecule has 1 atom stereocenters. The van der Waals surface area contributed by atoms with E-state index in [1.807, 2.05) is 6.07 Å². The number of aromatic nitrogens is 1. The summed E-state index contributed by atoms with van der Waals surface area (Å²) in [7, 11) is 0. The highest BCUT2D eigenvalue weighted by molar-refractivity contribution is 5.95. The molecule has 0 saturated carbocycles. The molecule has 20 heavy (non-hydrogen) atoms. The fourth-order valence-electron chi connectivity index (χ4n) is 2.65. The second-order valence-corrected chi connectivity index (χ2v) is 5.13. The lowest BCUT2D eigenvalue weighted by atomic mass is 9.91. The molecule has 0 aromatic carbocycles. The van der Waals surface area contributed by atoms with Crippen LogP contribution in [0.25, 0.3) is 0 Å². The molecule has 2 aromatic heterocycles. The van der Waals surface area contributed by atoms with E-state index in [0.717, 1.165) is 30.5 Å². The van der Waals surface area contributed by atoms with Gasteiger partial charge in [0.1, 0.15) is 5.76 Å². The molecule has 0 radical (unpaired) electrons. The van der Waals surface area contributed by atoms with Crippen molar-refractivity contribution in [1.29, 1.82) is 0 Å². The van der Waals surface area contributed by atoms with Crippen molar-refractivity contribution < 1.29 is 9.21 Å². The van der Waals surface area contributed by atoms with Gasteiger partial charge in [0.2, 0.25) is 5.56 Å². The van der Waals surface area contributed by atoms with Crippen molar-refractivity contribution in [1.82, 2.24) is 10.3 Å². The molecule has 0 fully saturated rings. The van der Waals surface area contributed by atoms with E-state index in [2.05, 4.69) is 10.3 Å². The quantitative estimate of drug-likeness (QED) is 0.871. The topological polar surface area (TPSA) is 75.1 Å². The minimum absolute atomic E-state index is 0.0692. The number of amides is 1. The van der Waals surface area contributed by atoms with E-state index in [4.69, 9.17) is 4.42 Å². The van der Waals surface area contributed by atoms with Crippen LogP contribution in [-0.2, 0) is 12.8 Å². The SMILES string of the molecule is Cc1occc1C(=O)N[C@@H]1CCc2[nH]c(=O)ccc2C1. The van der Waals surface area contributed by atoms with Crippen LogP contribution in [0, 0.1) is 6.92 Å². The van der Waals surface area contributed by atoms with Crippen LogP contribution in [0.2, 0.25) is 0 Å².